The maximum absolute atomic E-state index is 13.3. The molecule has 0 saturated heterocycles. The van der Waals surface area contributed by atoms with Crippen molar-refractivity contribution in [2.75, 3.05) is 0 Å². The van der Waals surface area contributed by atoms with E-state index in [1.807, 2.05) is 60.7 Å². The van der Waals surface area contributed by atoms with E-state index in [1.165, 1.54) is 0 Å². The van der Waals surface area contributed by atoms with E-state index in [1.54, 1.807) is 0 Å². The Balaban J connectivity index is 2.04. The van der Waals surface area contributed by atoms with Crippen molar-refractivity contribution >= 4 is 32.8 Å². The van der Waals surface area contributed by atoms with Crippen molar-refractivity contribution in [3.63, 3.8) is 0 Å². The SMILES string of the molecule is CC(C)(C)c1cc(-[n+]2c3ccccc3nc3ccccc32)c2ccccc2c1[O-]. The molecule has 0 spiro atoms. The quantitative estimate of drug-likeness (QED) is 0.297. The van der Waals surface area contributed by atoms with Gasteiger partial charge in [0.15, 0.2) is 0 Å². The normalized spacial score (nSPS) is 12.1. The summed E-state index contributed by atoms with van der Waals surface area (Å²) in [7, 11) is 0. The molecule has 1 heterocycles. The van der Waals surface area contributed by atoms with Crippen molar-refractivity contribution in [3.8, 4) is 11.4 Å². The maximum Gasteiger partial charge on any atom is 0.237 e. The summed E-state index contributed by atoms with van der Waals surface area (Å²) in [4.78, 5) is 4.85. The maximum atomic E-state index is 13.3. The first-order valence-corrected chi connectivity index (χ1v) is 9.88. The molecule has 4 aromatic carbocycles. The van der Waals surface area contributed by atoms with Crippen LogP contribution in [0.25, 0.3) is 38.5 Å². The zero-order chi connectivity index (χ0) is 20.2. The minimum absolute atomic E-state index is 0.111. The van der Waals surface area contributed by atoms with Gasteiger partial charge in [-0.1, -0.05) is 69.0 Å². The van der Waals surface area contributed by atoms with Crippen molar-refractivity contribution < 1.29 is 9.67 Å². The highest BCUT2D eigenvalue weighted by atomic mass is 16.3. The molecule has 0 atom stereocenters. The van der Waals surface area contributed by atoms with Crippen LogP contribution in [0.4, 0.5) is 0 Å². The highest BCUT2D eigenvalue weighted by molar-refractivity contribution is 5.95. The van der Waals surface area contributed by atoms with Gasteiger partial charge in [-0.2, -0.15) is 0 Å². The zero-order valence-corrected chi connectivity index (χ0v) is 16.8. The second-order valence-corrected chi connectivity index (χ2v) is 8.49. The lowest BCUT2D eigenvalue weighted by molar-refractivity contribution is -0.536. The highest BCUT2D eigenvalue weighted by Gasteiger charge is 2.25. The monoisotopic (exact) mass is 378 g/mol. The van der Waals surface area contributed by atoms with Crippen LogP contribution in [0.2, 0.25) is 0 Å². The Kier molecular flexibility index (Phi) is 3.82. The number of para-hydroxylation sites is 4. The molecular weight excluding hydrogens is 356 g/mol. The molecule has 142 valence electrons. The van der Waals surface area contributed by atoms with E-state index in [9.17, 15) is 5.11 Å². The molecule has 29 heavy (non-hydrogen) atoms. The van der Waals surface area contributed by atoms with Crippen LogP contribution in [-0.2, 0) is 5.41 Å². The number of hydrogen-bond acceptors (Lipinski definition) is 2. The molecule has 3 nitrogen and oxygen atoms in total. The second kappa shape index (κ2) is 6.28. The molecule has 0 bridgehead atoms. The fourth-order valence-electron chi connectivity index (χ4n) is 4.09. The predicted molar refractivity (Wildman–Crippen MR) is 116 cm³/mol. The molecule has 0 amide bonds. The lowest BCUT2D eigenvalue weighted by atomic mass is 9.84. The number of nitrogens with zero attached hydrogens (tertiary/aromatic N) is 2. The number of rotatable bonds is 1. The summed E-state index contributed by atoms with van der Waals surface area (Å²) in [6.45, 7) is 6.28. The molecular formula is C26H22N2O. The largest absolute Gasteiger partial charge is 0.872 e. The molecule has 0 aliphatic rings. The van der Waals surface area contributed by atoms with E-state index in [0.717, 1.165) is 44.1 Å². The van der Waals surface area contributed by atoms with Crippen LogP contribution >= 0.6 is 0 Å². The van der Waals surface area contributed by atoms with Crippen molar-refractivity contribution in [2.24, 2.45) is 0 Å². The fraction of sp³-hybridized carbons (Fsp3) is 0.154. The molecule has 5 aromatic rings. The number of benzene rings is 4. The van der Waals surface area contributed by atoms with Gasteiger partial charge < -0.3 is 5.11 Å². The Morgan fingerprint density at radius 2 is 1.24 bits per heavy atom. The van der Waals surface area contributed by atoms with Gasteiger partial charge in [-0.25, -0.2) is 4.98 Å². The van der Waals surface area contributed by atoms with Crippen molar-refractivity contribution in [1.29, 1.82) is 0 Å². The molecule has 0 unspecified atom stereocenters. The van der Waals surface area contributed by atoms with Gasteiger partial charge in [0, 0.05) is 18.2 Å². The van der Waals surface area contributed by atoms with Crippen molar-refractivity contribution in [3.05, 3.63) is 84.4 Å². The molecule has 0 aliphatic heterocycles. The third kappa shape index (κ3) is 2.73. The average molecular weight is 378 g/mol. The van der Waals surface area contributed by atoms with Gasteiger partial charge in [0.25, 0.3) is 0 Å². The van der Waals surface area contributed by atoms with Crippen LogP contribution in [0, 0.1) is 0 Å². The first-order valence-electron chi connectivity index (χ1n) is 9.88. The fourth-order valence-corrected chi connectivity index (χ4v) is 4.09. The minimum Gasteiger partial charge on any atom is -0.872 e. The third-order valence-corrected chi connectivity index (χ3v) is 5.51. The summed E-state index contributed by atoms with van der Waals surface area (Å²) in [5, 5.41) is 15.0. The molecule has 0 N–H and O–H groups in total. The Hall–Kier alpha value is -3.46. The molecule has 0 saturated carbocycles. The van der Waals surface area contributed by atoms with E-state index in [4.69, 9.17) is 4.98 Å². The van der Waals surface area contributed by atoms with Crippen LogP contribution in [0.3, 0.4) is 0 Å². The smallest absolute Gasteiger partial charge is 0.237 e. The van der Waals surface area contributed by atoms with Gasteiger partial charge in [-0.3, -0.25) is 0 Å². The molecule has 0 fully saturated rings. The molecule has 0 aliphatic carbocycles. The second-order valence-electron chi connectivity index (χ2n) is 8.49. The third-order valence-electron chi connectivity index (χ3n) is 5.51. The lowest BCUT2D eigenvalue weighted by Crippen LogP contribution is -2.34. The van der Waals surface area contributed by atoms with Crippen molar-refractivity contribution in [1.82, 2.24) is 4.98 Å². The summed E-state index contributed by atoms with van der Waals surface area (Å²) in [6.07, 6.45) is 0. The lowest BCUT2D eigenvalue weighted by Gasteiger charge is -2.27. The first kappa shape index (κ1) is 17.6. The van der Waals surface area contributed by atoms with E-state index in [0.29, 0.717) is 0 Å². The van der Waals surface area contributed by atoms with Gasteiger partial charge in [0.2, 0.25) is 16.7 Å². The van der Waals surface area contributed by atoms with Crippen LogP contribution in [0.15, 0.2) is 78.9 Å². The minimum atomic E-state index is -0.255. The highest BCUT2D eigenvalue weighted by Crippen LogP contribution is 2.37. The summed E-state index contributed by atoms with van der Waals surface area (Å²) in [6, 6.07) is 26.3. The Bertz CT molecular complexity index is 1340. The number of hydrogen-bond donors (Lipinski definition) is 0. The van der Waals surface area contributed by atoms with E-state index in [2.05, 4.69) is 43.5 Å². The Morgan fingerprint density at radius 1 is 0.724 bits per heavy atom. The van der Waals surface area contributed by atoms with Crippen LogP contribution in [0.5, 0.6) is 5.75 Å². The molecule has 1 aromatic heterocycles. The van der Waals surface area contributed by atoms with Gasteiger partial charge in [0.1, 0.15) is 11.0 Å². The van der Waals surface area contributed by atoms with Crippen LogP contribution in [0.1, 0.15) is 26.3 Å². The first-order chi connectivity index (χ1) is 13.9. The standard InChI is InChI=1S/C26H22N2O/c1-26(2,3)19-16-24(17-10-4-5-11-18(17)25(19)29)28-22-14-8-6-12-20(22)27-21-13-7-9-15-23(21)28/h4-16H,1-3H3. The van der Waals surface area contributed by atoms with Crippen LogP contribution in [-0.4, -0.2) is 4.98 Å². The van der Waals surface area contributed by atoms with Gasteiger partial charge in [-0.05, 0) is 34.6 Å². The summed E-state index contributed by atoms with van der Waals surface area (Å²) < 4.78 is 2.24. The zero-order valence-electron chi connectivity index (χ0n) is 16.8. The van der Waals surface area contributed by atoms with Crippen molar-refractivity contribution in [2.45, 2.75) is 26.2 Å². The van der Waals surface area contributed by atoms with Gasteiger partial charge >= 0.3 is 0 Å². The Labute approximate surface area is 169 Å². The van der Waals surface area contributed by atoms with Crippen LogP contribution < -0.4 is 9.67 Å². The molecule has 3 heteroatoms. The molecule has 0 radical (unpaired) electrons. The van der Waals surface area contributed by atoms with Gasteiger partial charge in [0.05, 0.1) is 5.39 Å². The Morgan fingerprint density at radius 3 is 1.83 bits per heavy atom. The predicted octanol–water partition coefficient (Wildman–Crippen LogP) is 5.19. The van der Waals surface area contributed by atoms with Gasteiger partial charge in [-0.15, -0.1) is 4.57 Å². The number of aromatic nitrogens is 2. The summed E-state index contributed by atoms with van der Waals surface area (Å²) >= 11 is 0. The summed E-state index contributed by atoms with van der Waals surface area (Å²) in [5.41, 5.74) is 5.49. The topological polar surface area (TPSA) is 39.8 Å². The molecule has 5 rings (SSSR count). The summed E-state index contributed by atoms with van der Waals surface area (Å²) in [5.74, 6) is 0.111. The average Bonchev–Trinajstić information content (AvgIpc) is 2.72. The van der Waals surface area contributed by atoms with E-state index < -0.39 is 0 Å². The number of fused-ring (bicyclic) bond motifs is 3. The van der Waals surface area contributed by atoms with E-state index in [-0.39, 0.29) is 11.2 Å². The van der Waals surface area contributed by atoms with E-state index >= 15 is 0 Å².